The smallest absolute Gasteiger partial charge is 0.163 e. The molecule has 0 saturated heterocycles. The number of hydrogen-bond donors (Lipinski definition) is 0. The SMILES string of the molecule is COc1cc(F)c(C(Br)c2cccc(F)c2Br)cc1OC. The molecule has 0 aromatic heterocycles. The third-order valence-corrected chi connectivity index (χ3v) is 4.85. The number of ether oxygens (including phenoxy) is 2. The summed E-state index contributed by atoms with van der Waals surface area (Å²) in [6.07, 6.45) is 0. The minimum Gasteiger partial charge on any atom is -0.493 e. The van der Waals surface area contributed by atoms with E-state index in [0.29, 0.717) is 27.1 Å². The second-order valence-corrected chi connectivity index (χ2v) is 5.94. The van der Waals surface area contributed by atoms with Crippen molar-refractivity contribution in [1.29, 1.82) is 0 Å². The van der Waals surface area contributed by atoms with Gasteiger partial charge < -0.3 is 9.47 Å². The van der Waals surface area contributed by atoms with Crippen LogP contribution in [0.3, 0.4) is 0 Å². The molecule has 0 spiro atoms. The monoisotopic (exact) mass is 420 g/mol. The predicted octanol–water partition coefficient (Wildman–Crippen LogP) is 5.23. The number of halogens is 4. The Balaban J connectivity index is 2.53. The normalized spacial score (nSPS) is 12.1. The topological polar surface area (TPSA) is 18.5 Å². The second-order valence-electron chi connectivity index (χ2n) is 4.23. The van der Waals surface area contributed by atoms with Gasteiger partial charge >= 0.3 is 0 Å². The van der Waals surface area contributed by atoms with E-state index in [2.05, 4.69) is 31.9 Å². The summed E-state index contributed by atoms with van der Waals surface area (Å²) in [6, 6.07) is 7.39. The van der Waals surface area contributed by atoms with Crippen LogP contribution in [0.2, 0.25) is 0 Å². The standard InChI is InChI=1S/C15H12Br2F2O2/c1-20-12-6-9(11(19)7-13(12)21-2)14(16)8-4-3-5-10(18)15(8)17/h3-7,14H,1-2H3. The van der Waals surface area contributed by atoms with Gasteiger partial charge in [0.1, 0.15) is 11.6 Å². The summed E-state index contributed by atoms with van der Waals surface area (Å²) in [5.74, 6) is -0.161. The van der Waals surface area contributed by atoms with Crippen molar-refractivity contribution in [2.45, 2.75) is 4.83 Å². The molecular formula is C15H12Br2F2O2. The molecule has 0 saturated carbocycles. The molecular weight excluding hydrogens is 410 g/mol. The van der Waals surface area contributed by atoms with Crippen molar-refractivity contribution in [2.75, 3.05) is 14.2 Å². The molecule has 0 aliphatic rings. The fourth-order valence-electron chi connectivity index (χ4n) is 1.95. The molecule has 21 heavy (non-hydrogen) atoms. The van der Waals surface area contributed by atoms with Gasteiger partial charge in [0.05, 0.1) is 23.5 Å². The molecule has 0 aliphatic heterocycles. The molecule has 112 valence electrons. The van der Waals surface area contributed by atoms with Gasteiger partial charge in [0.15, 0.2) is 11.5 Å². The number of rotatable bonds is 4. The van der Waals surface area contributed by atoms with Crippen LogP contribution in [0, 0.1) is 11.6 Å². The fourth-order valence-corrected chi connectivity index (χ4v) is 3.48. The molecule has 2 aromatic rings. The van der Waals surface area contributed by atoms with Crippen molar-refractivity contribution in [3.05, 3.63) is 57.6 Å². The molecule has 0 heterocycles. The van der Waals surface area contributed by atoms with Crippen molar-refractivity contribution in [2.24, 2.45) is 0 Å². The van der Waals surface area contributed by atoms with E-state index >= 15 is 0 Å². The minimum atomic E-state index is -0.526. The van der Waals surface area contributed by atoms with Crippen LogP contribution in [-0.2, 0) is 0 Å². The zero-order valence-electron chi connectivity index (χ0n) is 11.3. The molecule has 0 fully saturated rings. The molecule has 1 unspecified atom stereocenters. The van der Waals surface area contributed by atoms with Gasteiger partial charge in [-0.15, -0.1) is 0 Å². The van der Waals surface area contributed by atoms with E-state index in [0.717, 1.165) is 0 Å². The molecule has 0 bridgehead atoms. The first-order valence-corrected chi connectivity index (χ1v) is 7.69. The van der Waals surface area contributed by atoms with Gasteiger partial charge in [0.2, 0.25) is 0 Å². The summed E-state index contributed by atoms with van der Waals surface area (Å²) in [5, 5.41) is 0. The van der Waals surface area contributed by atoms with Gasteiger partial charge in [0, 0.05) is 11.6 Å². The Morgan fingerprint density at radius 2 is 1.57 bits per heavy atom. The van der Waals surface area contributed by atoms with Crippen LogP contribution in [0.5, 0.6) is 11.5 Å². The molecule has 6 heteroatoms. The van der Waals surface area contributed by atoms with E-state index in [1.807, 2.05) is 0 Å². The van der Waals surface area contributed by atoms with Crippen LogP contribution in [0.25, 0.3) is 0 Å². The molecule has 0 radical (unpaired) electrons. The van der Waals surface area contributed by atoms with Crippen molar-refractivity contribution in [3.63, 3.8) is 0 Å². The first-order chi connectivity index (χ1) is 9.99. The maximum Gasteiger partial charge on any atom is 0.163 e. The largest absolute Gasteiger partial charge is 0.493 e. The highest BCUT2D eigenvalue weighted by molar-refractivity contribution is 9.11. The van der Waals surface area contributed by atoms with Gasteiger partial charge in [-0.2, -0.15) is 0 Å². The summed E-state index contributed by atoms with van der Waals surface area (Å²) in [7, 11) is 2.91. The summed E-state index contributed by atoms with van der Waals surface area (Å²) in [5.41, 5.74) is 0.917. The maximum atomic E-state index is 14.2. The lowest BCUT2D eigenvalue weighted by molar-refractivity contribution is 0.351. The Labute approximate surface area is 138 Å². The van der Waals surface area contributed by atoms with Crippen LogP contribution < -0.4 is 9.47 Å². The van der Waals surface area contributed by atoms with Gasteiger partial charge in [-0.3, -0.25) is 0 Å². The Morgan fingerprint density at radius 3 is 2.19 bits per heavy atom. The lowest BCUT2D eigenvalue weighted by Crippen LogP contribution is -2.01. The summed E-state index contributed by atoms with van der Waals surface area (Å²) in [6.45, 7) is 0. The molecule has 0 aliphatic carbocycles. The lowest BCUT2D eigenvalue weighted by Gasteiger charge is -2.16. The highest BCUT2D eigenvalue weighted by atomic mass is 79.9. The van der Waals surface area contributed by atoms with Crippen molar-refractivity contribution in [3.8, 4) is 11.5 Å². The lowest BCUT2D eigenvalue weighted by atomic mass is 10.0. The van der Waals surface area contributed by atoms with Crippen LogP contribution in [0.15, 0.2) is 34.8 Å². The molecule has 2 nitrogen and oxygen atoms in total. The first-order valence-electron chi connectivity index (χ1n) is 5.99. The predicted molar refractivity (Wildman–Crippen MR) is 84.4 cm³/mol. The van der Waals surface area contributed by atoms with Crippen LogP contribution in [-0.4, -0.2) is 14.2 Å². The molecule has 1 atom stereocenters. The van der Waals surface area contributed by atoms with E-state index in [-0.39, 0.29) is 0 Å². The van der Waals surface area contributed by atoms with Crippen LogP contribution >= 0.6 is 31.9 Å². The molecule has 0 amide bonds. The number of benzene rings is 2. The second kappa shape index (κ2) is 6.75. The van der Waals surface area contributed by atoms with Crippen LogP contribution in [0.4, 0.5) is 8.78 Å². The Bertz CT molecular complexity index is 662. The quantitative estimate of drug-likeness (QED) is 0.629. The van der Waals surface area contributed by atoms with Crippen molar-refractivity contribution in [1.82, 2.24) is 0 Å². The first kappa shape index (κ1) is 16.2. The maximum absolute atomic E-state index is 14.2. The third kappa shape index (κ3) is 3.21. The van der Waals surface area contributed by atoms with Gasteiger partial charge in [0.25, 0.3) is 0 Å². The highest BCUT2D eigenvalue weighted by Gasteiger charge is 2.21. The summed E-state index contributed by atoms with van der Waals surface area (Å²) >= 11 is 6.59. The van der Waals surface area contributed by atoms with Crippen molar-refractivity contribution >= 4 is 31.9 Å². The van der Waals surface area contributed by atoms with Crippen LogP contribution in [0.1, 0.15) is 16.0 Å². The average Bonchev–Trinajstić information content (AvgIpc) is 2.49. The van der Waals surface area contributed by atoms with E-state index in [9.17, 15) is 8.78 Å². The molecule has 0 N–H and O–H groups in total. The van der Waals surface area contributed by atoms with Gasteiger partial charge in [-0.05, 0) is 33.6 Å². The zero-order valence-corrected chi connectivity index (χ0v) is 14.5. The average molecular weight is 422 g/mol. The number of alkyl halides is 1. The Morgan fingerprint density at radius 1 is 0.952 bits per heavy atom. The highest BCUT2D eigenvalue weighted by Crippen LogP contribution is 2.41. The Hall–Kier alpha value is -1.14. The van der Waals surface area contributed by atoms with Gasteiger partial charge in [-0.25, -0.2) is 8.78 Å². The summed E-state index contributed by atoms with van der Waals surface area (Å²) < 4.78 is 38.4. The number of hydrogen-bond acceptors (Lipinski definition) is 2. The fraction of sp³-hybridized carbons (Fsp3) is 0.200. The summed E-state index contributed by atoms with van der Waals surface area (Å²) in [4.78, 5) is -0.526. The van der Waals surface area contributed by atoms with E-state index in [1.165, 1.54) is 32.4 Å². The molecule has 2 aromatic carbocycles. The van der Waals surface area contributed by atoms with Gasteiger partial charge in [-0.1, -0.05) is 28.1 Å². The number of methoxy groups -OCH3 is 2. The third-order valence-electron chi connectivity index (χ3n) is 3.03. The Kier molecular flexibility index (Phi) is 5.22. The minimum absolute atomic E-state index is 0.293. The zero-order chi connectivity index (χ0) is 15.6. The van der Waals surface area contributed by atoms with E-state index < -0.39 is 16.5 Å². The van der Waals surface area contributed by atoms with E-state index in [4.69, 9.17) is 9.47 Å². The van der Waals surface area contributed by atoms with E-state index in [1.54, 1.807) is 12.1 Å². The molecule has 2 rings (SSSR count). The van der Waals surface area contributed by atoms with Crippen molar-refractivity contribution < 1.29 is 18.3 Å².